The van der Waals surface area contributed by atoms with Crippen molar-refractivity contribution in [2.45, 2.75) is 72.4 Å². The minimum atomic E-state index is -0.634. The highest BCUT2D eigenvalue weighted by atomic mass is 19.1. The summed E-state index contributed by atoms with van der Waals surface area (Å²) < 4.78 is 32.1. The number of nitrogens with zero attached hydrogens (tertiary/aromatic N) is 2. The Morgan fingerprint density at radius 1 is 1.15 bits per heavy atom. The van der Waals surface area contributed by atoms with Crippen LogP contribution in [0.4, 0.5) is 8.78 Å². The van der Waals surface area contributed by atoms with Crippen molar-refractivity contribution in [3.8, 4) is 0 Å². The van der Waals surface area contributed by atoms with E-state index in [0.29, 0.717) is 69.8 Å². The second-order valence-corrected chi connectivity index (χ2v) is 12.0. The number of carbonyl (C=O) groups is 4. The number of ether oxygens (including phenoxy) is 1. The van der Waals surface area contributed by atoms with Gasteiger partial charge < -0.3 is 19.3 Å². The van der Waals surface area contributed by atoms with Crippen LogP contribution in [0.1, 0.15) is 86.9 Å². The van der Waals surface area contributed by atoms with Gasteiger partial charge in [0.15, 0.2) is 17.3 Å². The van der Waals surface area contributed by atoms with E-state index in [-0.39, 0.29) is 30.3 Å². The normalized spacial score (nSPS) is 21.1. The number of fused-ring (bicyclic) bond motifs is 2. The highest BCUT2D eigenvalue weighted by molar-refractivity contribution is 6.22. The minimum absolute atomic E-state index is 0.0533. The summed E-state index contributed by atoms with van der Waals surface area (Å²) in [5.41, 5.74) is 3.20. The molecule has 1 aromatic carbocycles. The maximum absolute atomic E-state index is 14.0. The number of amides is 1. The standard InChI is InChI=1S/C31H29FN2O4.C6H13F.CH2O/c1-5-26-28(15-22-14-27(35)24-8-6-7-9-25(24)30(22)36)38-20(4)29-21(12-19(3)32)13-23(17-34(26)29)31(37)33-11-10-18(2)16-33;1-3-4-5-6(2)7;1-2/h5-9,12,15,17-18H,1,3,10-11,13-14,16H2,2,4H3;6H,3-5H2,1-2H3;1H2/b21-12-,22-15+;;. The number of likely N-dealkylation sites (tertiary alicyclic amines) is 1. The van der Waals surface area contributed by atoms with Crippen LogP contribution < -0.4 is 0 Å². The molecular formula is C38H44F2N2O5. The van der Waals surface area contributed by atoms with Gasteiger partial charge >= 0.3 is 0 Å². The zero-order chi connectivity index (χ0) is 34.8. The molecule has 3 heterocycles. The third-order valence-corrected chi connectivity index (χ3v) is 8.20. The number of halogens is 2. The van der Waals surface area contributed by atoms with Gasteiger partial charge in [-0.1, -0.05) is 64.1 Å². The number of rotatable bonds is 7. The minimum Gasteiger partial charge on any atom is -0.458 e. The Labute approximate surface area is 276 Å². The summed E-state index contributed by atoms with van der Waals surface area (Å²) in [5.74, 6) is 0.0829. The zero-order valence-electron chi connectivity index (χ0n) is 27.7. The molecule has 0 saturated carbocycles. The van der Waals surface area contributed by atoms with E-state index < -0.39 is 12.0 Å². The number of allylic oxidation sites excluding steroid dienone is 7. The molecule has 1 aliphatic carbocycles. The second kappa shape index (κ2) is 16.8. The average molecular weight is 647 g/mol. The number of benzene rings is 1. The summed E-state index contributed by atoms with van der Waals surface area (Å²) in [6.07, 6.45) is 9.56. The molecule has 2 atom stereocenters. The highest BCUT2D eigenvalue weighted by Crippen LogP contribution is 2.41. The second-order valence-electron chi connectivity index (χ2n) is 12.0. The van der Waals surface area contributed by atoms with Crippen LogP contribution in [-0.2, 0) is 14.3 Å². The quantitative estimate of drug-likeness (QED) is 0.278. The lowest BCUT2D eigenvalue weighted by molar-refractivity contribution is -0.126. The van der Waals surface area contributed by atoms with E-state index in [2.05, 4.69) is 27.0 Å². The van der Waals surface area contributed by atoms with Gasteiger partial charge in [-0.3, -0.25) is 14.4 Å². The zero-order valence-corrected chi connectivity index (χ0v) is 27.7. The molecule has 1 fully saturated rings. The molecule has 0 radical (unpaired) electrons. The predicted molar refractivity (Wildman–Crippen MR) is 179 cm³/mol. The van der Waals surface area contributed by atoms with Crippen molar-refractivity contribution in [3.63, 3.8) is 0 Å². The molecular weight excluding hydrogens is 602 g/mol. The van der Waals surface area contributed by atoms with E-state index in [1.807, 2.05) is 11.7 Å². The fraction of sp³-hybridized carbons (Fsp3) is 0.368. The molecule has 0 N–H and O–H groups in total. The summed E-state index contributed by atoms with van der Waals surface area (Å²) in [4.78, 5) is 51.0. The highest BCUT2D eigenvalue weighted by Gasteiger charge is 2.36. The molecule has 2 unspecified atom stereocenters. The fourth-order valence-corrected chi connectivity index (χ4v) is 5.95. The summed E-state index contributed by atoms with van der Waals surface area (Å²) in [7, 11) is 0. The Hall–Kier alpha value is -4.66. The number of alkyl halides is 1. The van der Waals surface area contributed by atoms with Gasteiger partial charge in [-0.25, -0.2) is 8.78 Å². The van der Waals surface area contributed by atoms with Gasteiger partial charge in [0.1, 0.15) is 18.4 Å². The molecule has 0 spiro atoms. The number of hydrogen-bond acceptors (Lipinski definition) is 6. The van der Waals surface area contributed by atoms with Gasteiger partial charge in [0.2, 0.25) is 0 Å². The van der Waals surface area contributed by atoms with Gasteiger partial charge in [0.05, 0.1) is 17.6 Å². The van der Waals surface area contributed by atoms with E-state index >= 15 is 0 Å². The Kier molecular flexibility index (Phi) is 13.1. The number of hydrogen-bond donors (Lipinski definition) is 0. The number of Topliss-reactive ketones (excluding diaryl/α,β-unsaturated/α-hetero) is 2. The molecule has 47 heavy (non-hydrogen) atoms. The van der Waals surface area contributed by atoms with E-state index in [0.717, 1.165) is 25.7 Å². The molecule has 1 aromatic rings. The van der Waals surface area contributed by atoms with Crippen LogP contribution in [0.25, 0.3) is 0 Å². The van der Waals surface area contributed by atoms with Crippen molar-refractivity contribution in [1.82, 2.24) is 9.80 Å². The van der Waals surface area contributed by atoms with E-state index in [4.69, 9.17) is 9.53 Å². The number of unbranched alkanes of at least 4 members (excludes halogenated alkanes) is 1. The van der Waals surface area contributed by atoms with E-state index in [9.17, 15) is 23.2 Å². The molecule has 4 aliphatic rings. The van der Waals surface area contributed by atoms with Crippen LogP contribution in [0, 0.1) is 5.92 Å². The molecule has 1 amide bonds. The lowest BCUT2D eigenvalue weighted by Gasteiger charge is -2.37. The van der Waals surface area contributed by atoms with Gasteiger partial charge in [-0.15, -0.1) is 0 Å². The monoisotopic (exact) mass is 646 g/mol. The lowest BCUT2D eigenvalue weighted by Crippen LogP contribution is -2.35. The van der Waals surface area contributed by atoms with Gasteiger partial charge in [-0.2, -0.15) is 0 Å². The first-order valence-corrected chi connectivity index (χ1v) is 15.8. The van der Waals surface area contributed by atoms with Crippen molar-refractivity contribution >= 4 is 24.3 Å². The molecule has 7 nitrogen and oxygen atoms in total. The Bertz CT molecular complexity index is 1580. The van der Waals surface area contributed by atoms with Crippen LogP contribution in [-0.4, -0.2) is 53.3 Å². The van der Waals surface area contributed by atoms with Crippen molar-refractivity contribution in [2.75, 3.05) is 13.1 Å². The lowest BCUT2D eigenvalue weighted by atomic mass is 9.85. The largest absolute Gasteiger partial charge is 0.458 e. The molecule has 3 aliphatic heterocycles. The molecule has 5 rings (SSSR count). The smallest absolute Gasteiger partial charge is 0.251 e. The third kappa shape index (κ3) is 8.78. The van der Waals surface area contributed by atoms with Crippen LogP contribution in [0.3, 0.4) is 0 Å². The van der Waals surface area contributed by atoms with Crippen molar-refractivity contribution in [2.24, 2.45) is 5.92 Å². The summed E-state index contributed by atoms with van der Waals surface area (Å²) in [6, 6.07) is 6.75. The van der Waals surface area contributed by atoms with Gasteiger partial charge in [0.25, 0.3) is 5.91 Å². The summed E-state index contributed by atoms with van der Waals surface area (Å²) in [6.45, 7) is 18.2. The first kappa shape index (κ1) is 36.8. The van der Waals surface area contributed by atoms with E-state index in [1.165, 1.54) is 6.08 Å². The number of carbonyl (C=O) groups excluding carboxylic acids is 4. The first-order valence-electron chi connectivity index (χ1n) is 15.8. The predicted octanol–water partition coefficient (Wildman–Crippen LogP) is 8.26. The van der Waals surface area contributed by atoms with E-state index in [1.54, 1.807) is 61.4 Å². The Balaban J connectivity index is 0.000000593. The molecule has 1 saturated heterocycles. The molecule has 9 heteroatoms. The molecule has 0 bridgehead atoms. The summed E-state index contributed by atoms with van der Waals surface area (Å²) in [5, 5.41) is 0. The fourth-order valence-electron chi connectivity index (χ4n) is 5.95. The average Bonchev–Trinajstić information content (AvgIpc) is 3.49. The Morgan fingerprint density at radius 3 is 2.38 bits per heavy atom. The maximum Gasteiger partial charge on any atom is 0.251 e. The third-order valence-electron chi connectivity index (χ3n) is 8.20. The topological polar surface area (TPSA) is 84.0 Å². The number of ketones is 2. The molecule has 0 aromatic heterocycles. The van der Waals surface area contributed by atoms with Crippen LogP contribution in [0.2, 0.25) is 0 Å². The van der Waals surface area contributed by atoms with Gasteiger partial charge in [-0.05, 0) is 56.4 Å². The first-order chi connectivity index (χ1) is 22.4. The van der Waals surface area contributed by atoms with Crippen molar-refractivity contribution < 1.29 is 32.7 Å². The SMILES string of the molecule is C=CC1=C(/C=C2\CC(=O)c3ccccc3C2=O)OC(C)=C2/C(=C\C(=C)F)CC(C(=O)N3CCC(C)C3)=CN12.C=O.CCCCC(C)F. The van der Waals surface area contributed by atoms with Crippen molar-refractivity contribution in [1.29, 1.82) is 0 Å². The van der Waals surface area contributed by atoms with Crippen LogP contribution in [0.15, 0.2) is 107 Å². The Morgan fingerprint density at radius 2 is 1.83 bits per heavy atom. The van der Waals surface area contributed by atoms with Crippen LogP contribution in [0.5, 0.6) is 0 Å². The molecule has 250 valence electrons. The van der Waals surface area contributed by atoms with Crippen molar-refractivity contribution in [3.05, 3.63) is 118 Å². The maximum atomic E-state index is 14.0. The summed E-state index contributed by atoms with van der Waals surface area (Å²) >= 11 is 0. The van der Waals surface area contributed by atoms with Crippen LogP contribution >= 0.6 is 0 Å². The van der Waals surface area contributed by atoms with Gasteiger partial charge in [0, 0.05) is 54.4 Å².